The molecule has 0 spiro atoms. The van der Waals surface area contributed by atoms with Gasteiger partial charge in [0.25, 0.3) is 0 Å². The fourth-order valence-electron chi connectivity index (χ4n) is 2.57. The Balaban J connectivity index is 2.09. The Kier molecular flexibility index (Phi) is 4.07. The molecule has 1 fully saturated rings. The van der Waals surface area contributed by atoms with Crippen LogP contribution in [0.5, 0.6) is 0 Å². The van der Waals surface area contributed by atoms with Crippen molar-refractivity contribution in [3.63, 3.8) is 0 Å². The minimum atomic E-state index is -2.79. The van der Waals surface area contributed by atoms with Crippen LogP contribution in [0.4, 0.5) is 0 Å². The molecule has 4 heteroatoms. The number of aryl methyl sites for hydroxylation is 1. The van der Waals surface area contributed by atoms with Crippen LogP contribution in [0.25, 0.3) is 0 Å². The molecular formula is C14H21NO2S. The molecule has 1 aliphatic heterocycles. The lowest BCUT2D eigenvalue weighted by atomic mass is 10.1. The summed E-state index contributed by atoms with van der Waals surface area (Å²) >= 11 is 0. The van der Waals surface area contributed by atoms with Crippen LogP contribution in [0.1, 0.15) is 24.5 Å². The fourth-order valence-corrected chi connectivity index (χ4v) is 4.33. The minimum absolute atomic E-state index is 0.194. The summed E-state index contributed by atoms with van der Waals surface area (Å²) < 4.78 is 23.1. The summed E-state index contributed by atoms with van der Waals surface area (Å²) in [5.74, 6) is 0.675. The van der Waals surface area contributed by atoms with E-state index in [0.29, 0.717) is 11.5 Å². The predicted molar refractivity (Wildman–Crippen MR) is 74.3 cm³/mol. The third-order valence-corrected chi connectivity index (χ3v) is 5.52. The van der Waals surface area contributed by atoms with Gasteiger partial charge in [-0.3, -0.25) is 4.90 Å². The smallest absolute Gasteiger partial charge is 0.151 e. The van der Waals surface area contributed by atoms with Crippen molar-refractivity contribution in [1.29, 1.82) is 0 Å². The van der Waals surface area contributed by atoms with E-state index in [1.807, 2.05) is 12.1 Å². The van der Waals surface area contributed by atoms with Crippen LogP contribution in [-0.2, 0) is 16.4 Å². The van der Waals surface area contributed by atoms with E-state index in [1.54, 1.807) is 0 Å². The Hall–Kier alpha value is -0.870. The molecule has 0 N–H and O–H groups in total. The molecule has 1 saturated heterocycles. The van der Waals surface area contributed by atoms with Crippen molar-refractivity contribution in [2.24, 2.45) is 0 Å². The highest BCUT2D eigenvalue weighted by Gasteiger charge is 2.31. The summed E-state index contributed by atoms with van der Waals surface area (Å²) in [7, 11) is -2.79. The third kappa shape index (κ3) is 3.12. The average molecular weight is 267 g/mol. The summed E-state index contributed by atoms with van der Waals surface area (Å²) in [5.41, 5.74) is 2.57. The highest BCUT2D eigenvalue weighted by Crippen LogP contribution is 2.20. The van der Waals surface area contributed by atoms with E-state index in [0.717, 1.165) is 19.5 Å². The first kappa shape index (κ1) is 13.6. The third-order valence-electron chi connectivity index (χ3n) is 3.77. The maximum Gasteiger partial charge on any atom is 0.151 e. The fraction of sp³-hybridized carbons (Fsp3) is 0.571. The van der Waals surface area contributed by atoms with Crippen molar-refractivity contribution in [3.05, 3.63) is 35.4 Å². The standard InChI is InChI=1S/C14H21NO2S/c1-3-15(14-8-9-18(16,17)11-14)10-13-7-5-4-6-12(13)2/h4-7,14H,3,8-11H2,1-2H3. The summed E-state index contributed by atoms with van der Waals surface area (Å²) in [4.78, 5) is 2.28. The number of hydrogen-bond acceptors (Lipinski definition) is 3. The molecule has 0 saturated carbocycles. The van der Waals surface area contributed by atoms with Crippen LogP contribution in [0, 0.1) is 6.92 Å². The molecule has 18 heavy (non-hydrogen) atoms. The Morgan fingerprint density at radius 2 is 2.06 bits per heavy atom. The van der Waals surface area contributed by atoms with Crippen molar-refractivity contribution >= 4 is 9.84 Å². The Morgan fingerprint density at radius 1 is 1.33 bits per heavy atom. The van der Waals surface area contributed by atoms with Crippen molar-refractivity contribution in [1.82, 2.24) is 4.90 Å². The van der Waals surface area contributed by atoms with Gasteiger partial charge < -0.3 is 0 Å². The summed E-state index contributed by atoms with van der Waals surface area (Å²) in [6.45, 7) is 5.95. The maximum absolute atomic E-state index is 11.6. The van der Waals surface area contributed by atoms with Crippen molar-refractivity contribution in [2.45, 2.75) is 32.9 Å². The lowest BCUT2D eigenvalue weighted by molar-refractivity contribution is 0.214. The topological polar surface area (TPSA) is 37.4 Å². The van der Waals surface area contributed by atoms with Crippen LogP contribution >= 0.6 is 0 Å². The van der Waals surface area contributed by atoms with Crippen LogP contribution in [0.15, 0.2) is 24.3 Å². The molecule has 1 atom stereocenters. The number of nitrogens with zero attached hydrogens (tertiary/aromatic N) is 1. The van der Waals surface area contributed by atoms with E-state index in [1.165, 1.54) is 11.1 Å². The van der Waals surface area contributed by atoms with Crippen LogP contribution < -0.4 is 0 Å². The number of rotatable bonds is 4. The van der Waals surface area contributed by atoms with Crippen LogP contribution in [0.3, 0.4) is 0 Å². The molecule has 3 nitrogen and oxygen atoms in total. The molecule has 1 heterocycles. The molecule has 2 rings (SSSR count). The number of hydrogen-bond donors (Lipinski definition) is 0. The molecule has 1 aromatic carbocycles. The highest BCUT2D eigenvalue weighted by atomic mass is 32.2. The molecule has 0 aromatic heterocycles. The van der Waals surface area contributed by atoms with Gasteiger partial charge in [-0.25, -0.2) is 8.42 Å². The lowest BCUT2D eigenvalue weighted by Crippen LogP contribution is -2.35. The first-order valence-electron chi connectivity index (χ1n) is 6.51. The minimum Gasteiger partial charge on any atom is -0.295 e. The van der Waals surface area contributed by atoms with E-state index >= 15 is 0 Å². The summed E-state index contributed by atoms with van der Waals surface area (Å²) in [6, 6.07) is 8.51. The van der Waals surface area contributed by atoms with Crippen molar-refractivity contribution in [2.75, 3.05) is 18.1 Å². The zero-order chi connectivity index (χ0) is 13.2. The van der Waals surface area contributed by atoms with Gasteiger partial charge in [0.1, 0.15) is 0 Å². The van der Waals surface area contributed by atoms with Gasteiger partial charge in [0.15, 0.2) is 9.84 Å². The first-order valence-corrected chi connectivity index (χ1v) is 8.33. The van der Waals surface area contributed by atoms with Gasteiger partial charge in [-0.2, -0.15) is 0 Å². The van der Waals surface area contributed by atoms with Gasteiger partial charge >= 0.3 is 0 Å². The molecule has 100 valence electrons. The largest absolute Gasteiger partial charge is 0.295 e. The second kappa shape index (κ2) is 5.41. The van der Waals surface area contributed by atoms with E-state index in [-0.39, 0.29) is 6.04 Å². The Labute approximate surface area is 110 Å². The van der Waals surface area contributed by atoms with Crippen molar-refractivity contribution < 1.29 is 8.42 Å². The van der Waals surface area contributed by atoms with E-state index < -0.39 is 9.84 Å². The lowest BCUT2D eigenvalue weighted by Gasteiger charge is -2.27. The molecule has 1 unspecified atom stereocenters. The predicted octanol–water partition coefficient (Wildman–Crippen LogP) is 2.00. The molecule has 0 radical (unpaired) electrons. The van der Waals surface area contributed by atoms with Crippen LogP contribution in [-0.4, -0.2) is 37.4 Å². The van der Waals surface area contributed by atoms with Crippen LogP contribution in [0.2, 0.25) is 0 Å². The normalized spacial score (nSPS) is 22.5. The second-order valence-corrected chi connectivity index (χ2v) is 7.28. The molecule has 0 amide bonds. The van der Waals surface area contributed by atoms with E-state index in [2.05, 4.69) is 30.9 Å². The van der Waals surface area contributed by atoms with Gasteiger partial charge in [-0.05, 0) is 31.0 Å². The zero-order valence-electron chi connectivity index (χ0n) is 11.1. The summed E-state index contributed by atoms with van der Waals surface area (Å²) in [6.07, 6.45) is 0.780. The SMILES string of the molecule is CCN(Cc1ccccc1C)C1CCS(=O)(=O)C1. The average Bonchev–Trinajstić information content (AvgIpc) is 2.68. The monoisotopic (exact) mass is 267 g/mol. The Morgan fingerprint density at radius 3 is 2.61 bits per heavy atom. The van der Waals surface area contributed by atoms with Gasteiger partial charge in [-0.15, -0.1) is 0 Å². The number of sulfone groups is 1. The second-order valence-electron chi connectivity index (χ2n) is 5.05. The molecule has 1 aliphatic rings. The highest BCUT2D eigenvalue weighted by molar-refractivity contribution is 7.91. The molecule has 0 bridgehead atoms. The number of benzene rings is 1. The quantitative estimate of drug-likeness (QED) is 0.837. The molecule has 0 aliphatic carbocycles. The van der Waals surface area contributed by atoms with Crippen molar-refractivity contribution in [3.8, 4) is 0 Å². The molecular weight excluding hydrogens is 246 g/mol. The van der Waals surface area contributed by atoms with E-state index in [4.69, 9.17) is 0 Å². The molecule has 1 aromatic rings. The first-order chi connectivity index (χ1) is 8.52. The van der Waals surface area contributed by atoms with Gasteiger partial charge in [0.05, 0.1) is 11.5 Å². The van der Waals surface area contributed by atoms with Gasteiger partial charge in [0.2, 0.25) is 0 Å². The maximum atomic E-state index is 11.6. The van der Waals surface area contributed by atoms with E-state index in [9.17, 15) is 8.42 Å². The van der Waals surface area contributed by atoms with Gasteiger partial charge in [0, 0.05) is 12.6 Å². The summed E-state index contributed by atoms with van der Waals surface area (Å²) in [5, 5.41) is 0. The Bertz CT molecular complexity index is 510. The zero-order valence-corrected chi connectivity index (χ0v) is 11.9. The van der Waals surface area contributed by atoms with Gasteiger partial charge in [-0.1, -0.05) is 31.2 Å².